The number of carbonyl (C=O) groups excluding carboxylic acids is 2. The number of benzene rings is 1. The van der Waals surface area contributed by atoms with Crippen LogP contribution in [0.5, 0.6) is 0 Å². The van der Waals surface area contributed by atoms with Gasteiger partial charge in [0.25, 0.3) is 5.91 Å². The van der Waals surface area contributed by atoms with Gasteiger partial charge in [-0.3, -0.25) is 4.79 Å². The maximum Gasteiger partial charge on any atom is 0.374 e. The fraction of sp³-hybridized carbons (Fsp3) is 0.0769. The van der Waals surface area contributed by atoms with Gasteiger partial charge in [-0.05, 0) is 34.1 Å². The fourth-order valence-corrected chi connectivity index (χ4v) is 1.94. The largest absolute Gasteiger partial charge is 0.457 e. The summed E-state index contributed by atoms with van der Waals surface area (Å²) in [6.45, 7) is -0.636. The Bertz CT molecular complexity index is 650. The SMILES string of the molecule is O=C(COC(=O)c1ccco1)Nc1c(F)cc(F)cc1Br. The molecular formula is C13H8BrF2NO4. The third-order valence-electron chi connectivity index (χ3n) is 2.33. The molecule has 8 heteroatoms. The van der Waals surface area contributed by atoms with Crippen LogP contribution in [0.2, 0.25) is 0 Å². The maximum absolute atomic E-state index is 13.5. The van der Waals surface area contributed by atoms with Crippen molar-refractivity contribution in [3.8, 4) is 0 Å². The highest BCUT2D eigenvalue weighted by molar-refractivity contribution is 9.10. The van der Waals surface area contributed by atoms with E-state index in [0.29, 0.717) is 6.07 Å². The molecule has 0 saturated heterocycles. The minimum absolute atomic E-state index is 0.0331. The first kappa shape index (κ1) is 15.2. The molecule has 0 radical (unpaired) electrons. The third-order valence-corrected chi connectivity index (χ3v) is 2.95. The van der Waals surface area contributed by atoms with Crippen molar-refractivity contribution >= 4 is 33.5 Å². The van der Waals surface area contributed by atoms with Gasteiger partial charge < -0.3 is 14.5 Å². The zero-order valence-corrected chi connectivity index (χ0v) is 11.9. The van der Waals surface area contributed by atoms with Crippen molar-refractivity contribution in [1.29, 1.82) is 0 Å². The molecule has 1 aromatic heterocycles. The first-order valence-corrected chi connectivity index (χ1v) is 6.41. The topological polar surface area (TPSA) is 68.5 Å². The van der Waals surface area contributed by atoms with Crippen molar-refractivity contribution in [2.45, 2.75) is 0 Å². The maximum atomic E-state index is 13.5. The summed E-state index contributed by atoms with van der Waals surface area (Å²) < 4.78 is 35.9. The van der Waals surface area contributed by atoms with Crippen LogP contribution in [0.4, 0.5) is 14.5 Å². The summed E-state index contributed by atoms with van der Waals surface area (Å²) in [6.07, 6.45) is 1.28. The first-order chi connectivity index (χ1) is 9.97. The van der Waals surface area contributed by atoms with E-state index in [1.807, 2.05) is 0 Å². The van der Waals surface area contributed by atoms with Gasteiger partial charge in [0, 0.05) is 10.5 Å². The van der Waals surface area contributed by atoms with Crippen LogP contribution >= 0.6 is 15.9 Å². The van der Waals surface area contributed by atoms with Gasteiger partial charge in [-0.25, -0.2) is 13.6 Å². The van der Waals surface area contributed by atoms with Gasteiger partial charge >= 0.3 is 5.97 Å². The second-order valence-corrected chi connectivity index (χ2v) is 4.70. The van der Waals surface area contributed by atoms with Crippen LogP contribution in [0.25, 0.3) is 0 Å². The lowest BCUT2D eigenvalue weighted by molar-refractivity contribution is -0.119. The highest BCUT2D eigenvalue weighted by atomic mass is 79.9. The number of rotatable bonds is 4. The Hall–Kier alpha value is -2.22. The molecule has 21 heavy (non-hydrogen) atoms. The molecule has 0 aliphatic rings. The van der Waals surface area contributed by atoms with E-state index in [9.17, 15) is 18.4 Å². The minimum atomic E-state index is -0.951. The summed E-state index contributed by atoms with van der Waals surface area (Å²) in [4.78, 5) is 23.0. The zero-order valence-electron chi connectivity index (χ0n) is 10.4. The van der Waals surface area contributed by atoms with Crippen LogP contribution in [0.1, 0.15) is 10.6 Å². The molecule has 1 heterocycles. The normalized spacial score (nSPS) is 10.2. The van der Waals surface area contributed by atoms with E-state index in [4.69, 9.17) is 4.42 Å². The van der Waals surface area contributed by atoms with Crippen molar-refractivity contribution < 1.29 is 27.5 Å². The summed E-state index contributed by atoms with van der Waals surface area (Å²) >= 11 is 2.92. The van der Waals surface area contributed by atoms with Crippen LogP contribution in [-0.4, -0.2) is 18.5 Å². The van der Waals surface area contributed by atoms with E-state index in [0.717, 1.165) is 6.07 Å². The summed E-state index contributed by atoms with van der Waals surface area (Å²) in [6, 6.07) is 4.47. The van der Waals surface area contributed by atoms with E-state index >= 15 is 0 Å². The molecule has 0 atom stereocenters. The van der Waals surface area contributed by atoms with Crippen molar-refractivity contribution in [2.75, 3.05) is 11.9 Å². The van der Waals surface area contributed by atoms with Gasteiger partial charge in [0.1, 0.15) is 5.82 Å². The van der Waals surface area contributed by atoms with Crippen molar-refractivity contribution in [2.24, 2.45) is 0 Å². The number of ether oxygens (including phenoxy) is 1. The monoisotopic (exact) mass is 359 g/mol. The second kappa shape index (κ2) is 6.49. The lowest BCUT2D eigenvalue weighted by Crippen LogP contribution is -2.21. The van der Waals surface area contributed by atoms with Gasteiger partial charge in [-0.15, -0.1) is 0 Å². The third kappa shape index (κ3) is 3.88. The van der Waals surface area contributed by atoms with Gasteiger partial charge in [-0.2, -0.15) is 0 Å². The smallest absolute Gasteiger partial charge is 0.374 e. The molecule has 1 amide bonds. The summed E-state index contributed by atoms with van der Waals surface area (Å²) in [5.41, 5.74) is -0.240. The Morgan fingerprint density at radius 3 is 2.71 bits per heavy atom. The van der Waals surface area contributed by atoms with Crippen molar-refractivity contribution in [3.05, 3.63) is 52.4 Å². The molecular weight excluding hydrogens is 352 g/mol. The molecule has 110 valence electrons. The van der Waals surface area contributed by atoms with Gasteiger partial charge in [0.2, 0.25) is 5.76 Å². The molecule has 0 fully saturated rings. The Balaban J connectivity index is 1.95. The van der Waals surface area contributed by atoms with E-state index in [-0.39, 0.29) is 15.9 Å². The molecule has 0 aliphatic heterocycles. The van der Waals surface area contributed by atoms with Crippen LogP contribution in [-0.2, 0) is 9.53 Å². The standard InChI is InChI=1S/C13H8BrF2NO4/c14-8-4-7(15)5-9(16)12(8)17-11(18)6-21-13(19)10-2-1-3-20-10/h1-5H,6H2,(H,17,18). The number of hydrogen-bond donors (Lipinski definition) is 1. The number of hydrogen-bond acceptors (Lipinski definition) is 4. The Labute approximate surface area is 126 Å². The number of furan rings is 1. The number of halogens is 3. The quantitative estimate of drug-likeness (QED) is 0.851. The molecule has 0 aliphatic carbocycles. The predicted octanol–water partition coefficient (Wildman–Crippen LogP) is 3.12. The number of nitrogens with one attached hydrogen (secondary N) is 1. The Kier molecular flexibility index (Phi) is 4.69. The highest BCUT2D eigenvalue weighted by Crippen LogP contribution is 2.26. The van der Waals surface area contributed by atoms with Gasteiger partial charge in [-0.1, -0.05) is 0 Å². The van der Waals surface area contributed by atoms with Crippen LogP contribution in [0.3, 0.4) is 0 Å². The van der Waals surface area contributed by atoms with E-state index in [2.05, 4.69) is 26.0 Å². The molecule has 5 nitrogen and oxygen atoms in total. The molecule has 0 bridgehead atoms. The Morgan fingerprint density at radius 2 is 2.10 bits per heavy atom. The van der Waals surface area contributed by atoms with Crippen molar-refractivity contribution in [1.82, 2.24) is 0 Å². The molecule has 2 aromatic rings. The fourth-order valence-electron chi connectivity index (χ4n) is 1.43. The molecule has 1 N–H and O–H groups in total. The molecule has 0 spiro atoms. The Morgan fingerprint density at radius 1 is 1.33 bits per heavy atom. The lowest BCUT2D eigenvalue weighted by atomic mass is 10.3. The average Bonchev–Trinajstić information content (AvgIpc) is 2.94. The molecule has 2 rings (SSSR count). The van der Waals surface area contributed by atoms with E-state index < -0.39 is 30.1 Å². The number of anilines is 1. The predicted molar refractivity (Wildman–Crippen MR) is 71.7 cm³/mol. The average molecular weight is 360 g/mol. The second-order valence-electron chi connectivity index (χ2n) is 3.85. The zero-order chi connectivity index (χ0) is 15.4. The summed E-state index contributed by atoms with van der Waals surface area (Å²) in [5.74, 6) is -3.40. The van der Waals surface area contributed by atoms with Crippen LogP contribution < -0.4 is 5.32 Å². The molecule has 1 aromatic carbocycles. The molecule has 0 saturated carbocycles. The van der Waals surface area contributed by atoms with E-state index in [1.165, 1.54) is 18.4 Å². The number of esters is 1. The van der Waals surface area contributed by atoms with Crippen LogP contribution in [0, 0.1) is 11.6 Å². The number of carbonyl (C=O) groups is 2. The lowest BCUT2D eigenvalue weighted by Gasteiger charge is -2.09. The number of amides is 1. The summed E-state index contributed by atoms with van der Waals surface area (Å²) in [5, 5.41) is 2.17. The van der Waals surface area contributed by atoms with Gasteiger partial charge in [0.15, 0.2) is 12.4 Å². The van der Waals surface area contributed by atoms with Crippen molar-refractivity contribution in [3.63, 3.8) is 0 Å². The highest BCUT2D eigenvalue weighted by Gasteiger charge is 2.16. The van der Waals surface area contributed by atoms with Crippen LogP contribution in [0.15, 0.2) is 39.4 Å². The van der Waals surface area contributed by atoms with Gasteiger partial charge in [0.05, 0.1) is 12.0 Å². The minimum Gasteiger partial charge on any atom is -0.457 e. The van der Waals surface area contributed by atoms with E-state index in [1.54, 1.807) is 0 Å². The molecule has 0 unspecified atom stereocenters. The summed E-state index contributed by atoms with van der Waals surface area (Å²) in [7, 11) is 0. The first-order valence-electron chi connectivity index (χ1n) is 5.62.